The Bertz CT molecular complexity index is 243. The molecule has 0 N–H and O–H groups in total. The van der Waals surface area contributed by atoms with Gasteiger partial charge in [0.2, 0.25) is 0 Å². The number of ketones is 1. The molecule has 2 nitrogen and oxygen atoms in total. The second-order valence-corrected chi connectivity index (χ2v) is 5.86. The van der Waals surface area contributed by atoms with E-state index in [1.807, 2.05) is 0 Å². The number of Topliss-reactive ketones (excluding diaryl/α,β-unsaturated/α-hetero) is 1. The Balaban J connectivity index is 1.80. The fourth-order valence-corrected chi connectivity index (χ4v) is 3.04. The summed E-state index contributed by atoms with van der Waals surface area (Å²) in [7, 11) is 0. The standard InChI is InChI=1S/C14H24O2/c1-10-3-4-13(7-11(10)2)14(15)8-12-5-6-16-9-12/h10-13H,3-9H2,1-2H3. The maximum absolute atomic E-state index is 12.2. The molecule has 0 bridgehead atoms. The van der Waals surface area contributed by atoms with Gasteiger partial charge in [-0.05, 0) is 43.4 Å². The molecule has 1 aliphatic heterocycles. The largest absolute Gasteiger partial charge is 0.381 e. The highest BCUT2D eigenvalue weighted by Crippen LogP contribution is 2.35. The summed E-state index contributed by atoms with van der Waals surface area (Å²) in [5.41, 5.74) is 0. The van der Waals surface area contributed by atoms with Crippen LogP contribution >= 0.6 is 0 Å². The van der Waals surface area contributed by atoms with Crippen LogP contribution in [0, 0.1) is 23.7 Å². The van der Waals surface area contributed by atoms with Crippen molar-refractivity contribution in [2.24, 2.45) is 23.7 Å². The summed E-state index contributed by atoms with van der Waals surface area (Å²) in [6.45, 7) is 6.28. The van der Waals surface area contributed by atoms with Gasteiger partial charge in [0.25, 0.3) is 0 Å². The number of carbonyl (C=O) groups excluding carboxylic acids is 1. The fourth-order valence-electron chi connectivity index (χ4n) is 3.04. The molecule has 0 aromatic heterocycles. The molecule has 0 radical (unpaired) electrons. The summed E-state index contributed by atoms with van der Waals surface area (Å²) in [6.07, 6.45) is 5.33. The summed E-state index contributed by atoms with van der Waals surface area (Å²) in [6, 6.07) is 0. The van der Waals surface area contributed by atoms with Gasteiger partial charge in [0, 0.05) is 25.6 Å². The molecule has 2 aliphatic rings. The van der Waals surface area contributed by atoms with Crippen molar-refractivity contribution in [3.63, 3.8) is 0 Å². The molecule has 1 heterocycles. The van der Waals surface area contributed by atoms with E-state index in [4.69, 9.17) is 4.74 Å². The number of rotatable bonds is 3. The normalized spacial score (nSPS) is 39.9. The molecule has 0 aromatic carbocycles. The zero-order valence-electron chi connectivity index (χ0n) is 10.6. The quantitative estimate of drug-likeness (QED) is 0.736. The SMILES string of the molecule is CC1CCC(C(=O)CC2CCOC2)CC1C. The van der Waals surface area contributed by atoms with Crippen molar-refractivity contribution in [2.75, 3.05) is 13.2 Å². The lowest BCUT2D eigenvalue weighted by molar-refractivity contribution is -0.125. The van der Waals surface area contributed by atoms with Crippen molar-refractivity contribution < 1.29 is 9.53 Å². The third-order valence-corrected chi connectivity index (χ3v) is 4.57. The predicted molar refractivity (Wildman–Crippen MR) is 64.2 cm³/mol. The third kappa shape index (κ3) is 2.85. The Morgan fingerprint density at radius 3 is 2.62 bits per heavy atom. The van der Waals surface area contributed by atoms with Gasteiger partial charge in [0.05, 0.1) is 0 Å². The summed E-state index contributed by atoms with van der Waals surface area (Å²) < 4.78 is 5.33. The van der Waals surface area contributed by atoms with Crippen molar-refractivity contribution in [2.45, 2.75) is 46.0 Å². The van der Waals surface area contributed by atoms with Gasteiger partial charge in [0.1, 0.15) is 5.78 Å². The van der Waals surface area contributed by atoms with E-state index in [1.54, 1.807) is 0 Å². The van der Waals surface area contributed by atoms with E-state index in [-0.39, 0.29) is 0 Å². The molecule has 0 spiro atoms. The first-order valence-electron chi connectivity index (χ1n) is 6.77. The Morgan fingerprint density at radius 2 is 2.00 bits per heavy atom. The van der Waals surface area contributed by atoms with E-state index in [1.165, 1.54) is 6.42 Å². The predicted octanol–water partition coefficient (Wildman–Crippen LogP) is 3.05. The molecule has 2 heteroatoms. The number of carbonyl (C=O) groups is 1. The number of hydrogen-bond acceptors (Lipinski definition) is 2. The minimum absolute atomic E-state index is 0.354. The maximum atomic E-state index is 12.2. The first kappa shape index (κ1) is 12.1. The molecule has 1 aliphatic carbocycles. The molecule has 4 unspecified atom stereocenters. The zero-order valence-corrected chi connectivity index (χ0v) is 10.6. The average Bonchev–Trinajstić information content (AvgIpc) is 2.74. The minimum Gasteiger partial charge on any atom is -0.381 e. The van der Waals surface area contributed by atoms with Crippen molar-refractivity contribution in [3.05, 3.63) is 0 Å². The second-order valence-electron chi connectivity index (χ2n) is 5.86. The van der Waals surface area contributed by atoms with Gasteiger partial charge in [-0.15, -0.1) is 0 Å². The lowest BCUT2D eigenvalue weighted by atomic mass is 9.73. The van der Waals surface area contributed by atoms with Crippen molar-refractivity contribution >= 4 is 5.78 Å². The highest BCUT2D eigenvalue weighted by molar-refractivity contribution is 5.81. The van der Waals surface area contributed by atoms with Gasteiger partial charge in [-0.1, -0.05) is 13.8 Å². The van der Waals surface area contributed by atoms with Gasteiger partial charge in [-0.3, -0.25) is 4.79 Å². The van der Waals surface area contributed by atoms with Crippen molar-refractivity contribution in [3.8, 4) is 0 Å². The van der Waals surface area contributed by atoms with Gasteiger partial charge in [0.15, 0.2) is 0 Å². The maximum Gasteiger partial charge on any atom is 0.136 e. The zero-order chi connectivity index (χ0) is 11.5. The van der Waals surface area contributed by atoms with Crippen molar-refractivity contribution in [1.82, 2.24) is 0 Å². The Hall–Kier alpha value is -0.370. The summed E-state index contributed by atoms with van der Waals surface area (Å²) in [5.74, 6) is 2.91. The van der Waals surface area contributed by atoms with E-state index in [2.05, 4.69) is 13.8 Å². The van der Waals surface area contributed by atoms with Crippen LogP contribution in [0.25, 0.3) is 0 Å². The highest BCUT2D eigenvalue weighted by atomic mass is 16.5. The van der Waals surface area contributed by atoms with Crippen molar-refractivity contribution in [1.29, 1.82) is 0 Å². The van der Waals surface area contributed by atoms with Crippen LogP contribution in [0.1, 0.15) is 46.0 Å². The first-order valence-corrected chi connectivity index (χ1v) is 6.77. The molecule has 2 rings (SSSR count). The van der Waals surface area contributed by atoms with E-state index in [0.29, 0.717) is 17.6 Å². The van der Waals surface area contributed by atoms with Crippen LogP contribution in [0.2, 0.25) is 0 Å². The van der Waals surface area contributed by atoms with Crippen LogP contribution in [-0.2, 0) is 9.53 Å². The number of hydrogen-bond donors (Lipinski definition) is 0. The van der Waals surface area contributed by atoms with Crippen LogP contribution in [0.5, 0.6) is 0 Å². The molecule has 2 fully saturated rings. The van der Waals surface area contributed by atoms with Gasteiger partial charge < -0.3 is 4.74 Å². The Morgan fingerprint density at radius 1 is 1.19 bits per heavy atom. The molecule has 4 atom stereocenters. The highest BCUT2D eigenvalue weighted by Gasteiger charge is 2.30. The average molecular weight is 224 g/mol. The van der Waals surface area contributed by atoms with E-state index < -0.39 is 0 Å². The summed E-state index contributed by atoms with van der Waals surface area (Å²) in [5, 5.41) is 0. The molecule has 1 saturated carbocycles. The van der Waals surface area contributed by atoms with Crippen LogP contribution in [-0.4, -0.2) is 19.0 Å². The lowest BCUT2D eigenvalue weighted by Crippen LogP contribution is -2.27. The molecular weight excluding hydrogens is 200 g/mol. The smallest absolute Gasteiger partial charge is 0.136 e. The topological polar surface area (TPSA) is 26.3 Å². The second kappa shape index (κ2) is 5.31. The van der Waals surface area contributed by atoms with E-state index >= 15 is 0 Å². The first-order chi connectivity index (χ1) is 7.66. The summed E-state index contributed by atoms with van der Waals surface area (Å²) in [4.78, 5) is 12.2. The van der Waals surface area contributed by atoms with Gasteiger partial charge in [-0.2, -0.15) is 0 Å². The molecular formula is C14H24O2. The minimum atomic E-state index is 0.354. The molecule has 0 amide bonds. The molecule has 1 saturated heterocycles. The third-order valence-electron chi connectivity index (χ3n) is 4.57. The number of ether oxygens (including phenoxy) is 1. The molecule has 16 heavy (non-hydrogen) atoms. The van der Waals surface area contributed by atoms with Crippen LogP contribution in [0.3, 0.4) is 0 Å². The Kier molecular flexibility index (Phi) is 4.01. The van der Waals surface area contributed by atoms with Crippen LogP contribution in [0.4, 0.5) is 0 Å². The van der Waals surface area contributed by atoms with E-state index in [9.17, 15) is 4.79 Å². The van der Waals surface area contributed by atoms with Crippen LogP contribution in [0.15, 0.2) is 0 Å². The Labute approximate surface area is 98.7 Å². The molecule has 92 valence electrons. The van der Waals surface area contributed by atoms with Gasteiger partial charge >= 0.3 is 0 Å². The van der Waals surface area contributed by atoms with Gasteiger partial charge in [-0.25, -0.2) is 0 Å². The lowest BCUT2D eigenvalue weighted by Gasteiger charge is -2.31. The van der Waals surface area contributed by atoms with Crippen LogP contribution < -0.4 is 0 Å². The van der Waals surface area contributed by atoms with E-state index in [0.717, 1.165) is 50.7 Å². The monoisotopic (exact) mass is 224 g/mol. The molecule has 0 aromatic rings. The fraction of sp³-hybridized carbons (Fsp3) is 0.929. The summed E-state index contributed by atoms with van der Waals surface area (Å²) >= 11 is 0.